The highest BCUT2D eigenvalue weighted by molar-refractivity contribution is 5.91. The number of hydrogen-bond acceptors (Lipinski definition) is 5. The van der Waals surface area contributed by atoms with Gasteiger partial charge in [-0.15, -0.1) is 0 Å². The van der Waals surface area contributed by atoms with Crippen molar-refractivity contribution in [3.63, 3.8) is 0 Å². The molecule has 1 fully saturated rings. The standard InChI is InChI=1S/C15H16N2O4/c18-15(17-6-8-19-9-7-17)13-10-14(16-21-13)20-11-12-4-2-1-3-5-12/h1-5,10H,6-9,11H2. The van der Waals surface area contributed by atoms with Crippen molar-refractivity contribution in [2.75, 3.05) is 26.3 Å². The van der Waals surface area contributed by atoms with Crippen LogP contribution < -0.4 is 4.74 Å². The predicted octanol–water partition coefficient (Wildman–Crippen LogP) is 1.73. The van der Waals surface area contributed by atoms with Gasteiger partial charge in [0.15, 0.2) is 0 Å². The molecule has 1 aliphatic heterocycles. The Labute approximate surface area is 122 Å². The third kappa shape index (κ3) is 3.41. The van der Waals surface area contributed by atoms with Crippen LogP contribution in [0.2, 0.25) is 0 Å². The van der Waals surface area contributed by atoms with Crippen molar-refractivity contribution in [3.05, 3.63) is 47.7 Å². The fourth-order valence-corrected chi connectivity index (χ4v) is 2.08. The van der Waals surface area contributed by atoms with Crippen LogP contribution in [0, 0.1) is 0 Å². The van der Waals surface area contributed by atoms with Gasteiger partial charge in [0.25, 0.3) is 11.8 Å². The van der Waals surface area contributed by atoms with Gasteiger partial charge in [-0.3, -0.25) is 4.79 Å². The summed E-state index contributed by atoms with van der Waals surface area (Å²) in [6.45, 7) is 2.63. The lowest BCUT2D eigenvalue weighted by atomic mass is 10.2. The first-order valence-corrected chi connectivity index (χ1v) is 6.83. The van der Waals surface area contributed by atoms with Crippen molar-refractivity contribution in [2.45, 2.75) is 6.61 Å². The van der Waals surface area contributed by atoms with E-state index >= 15 is 0 Å². The monoisotopic (exact) mass is 288 g/mol. The van der Waals surface area contributed by atoms with Crippen LogP contribution >= 0.6 is 0 Å². The third-order valence-corrected chi connectivity index (χ3v) is 3.23. The maximum Gasteiger partial charge on any atom is 0.292 e. The average molecular weight is 288 g/mol. The summed E-state index contributed by atoms with van der Waals surface area (Å²) in [5, 5.41) is 3.77. The van der Waals surface area contributed by atoms with Gasteiger partial charge in [0.2, 0.25) is 5.76 Å². The number of ether oxygens (including phenoxy) is 2. The number of carbonyl (C=O) groups is 1. The second kappa shape index (κ2) is 6.41. The summed E-state index contributed by atoms with van der Waals surface area (Å²) in [5.41, 5.74) is 1.03. The molecule has 0 atom stereocenters. The number of morpholine rings is 1. The van der Waals surface area contributed by atoms with Crippen molar-refractivity contribution < 1.29 is 18.8 Å². The molecule has 0 spiro atoms. The molecule has 0 unspecified atom stereocenters. The van der Waals surface area contributed by atoms with Gasteiger partial charge >= 0.3 is 0 Å². The maximum absolute atomic E-state index is 12.2. The van der Waals surface area contributed by atoms with Crippen molar-refractivity contribution in [2.24, 2.45) is 0 Å². The molecule has 1 amide bonds. The van der Waals surface area contributed by atoms with E-state index < -0.39 is 0 Å². The first-order valence-electron chi connectivity index (χ1n) is 6.83. The van der Waals surface area contributed by atoms with Gasteiger partial charge in [0.05, 0.1) is 19.3 Å². The predicted molar refractivity (Wildman–Crippen MR) is 74.0 cm³/mol. The molecule has 1 aromatic heterocycles. The zero-order valence-corrected chi connectivity index (χ0v) is 11.5. The molecular weight excluding hydrogens is 272 g/mol. The molecule has 21 heavy (non-hydrogen) atoms. The lowest BCUT2D eigenvalue weighted by Gasteiger charge is -2.25. The Morgan fingerprint density at radius 2 is 2.00 bits per heavy atom. The minimum atomic E-state index is -0.180. The summed E-state index contributed by atoms with van der Waals surface area (Å²) in [7, 11) is 0. The Balaban J connectivity index is 1.59. The highest BCUT2D eigenvalue weighted by Gasteiger charge is 2.22. The molecule has 1 saturated heterocycles. The zero-order chi connectivity index (χ0) is 14.5. The second-order valence-electron chi connectivity index (χ2n) is 4.71. The molecule has 6 heteroatoms. The fourth-order valence-electron chi connectivity index (χ4n) is 2.08. The molecule has 2 heterocycles. The van der Waals surface area contributed by atoms with Crippen LogP contribution in [0.3, 0.4) is 0 Å². The topological polar surface area (TPSA) is 64.8 Å². The number of benzene rings is 1. The van der Waals surface area contributed by atoms with Gasteiger partial charge in [-0.25, -0.2) is 0 Å². The normalized spacial score (nSPS) is 15.0. The molecule has 2 aromatic rings. The van der Waals surface area contributed by atoms with Gasteiger partial charge < -0.3 is 18.9 Å². The van der Waals surface area contributed by atoms with Crippen LogP contribution in [-0.4, -0.2) is 42.3 Å². The van der Waals surface area contributed by atoms with E-state index in [-0.39, 0.29) is 11.7 Å². The zero-order valence-electron chi connectivity index (χ0n) is 11.5. The van der Waals surface area contributed by atoms with Crippen molar-refractivity contribution >= 4 is 5.91 Å². The van der Waals surface area contributed by atoms with E-state index in [1.54, 1.807) is 4.90 Å². The van der Waals surface area contributed by atoms with Crippen LogP contribution in [0.15, 0.2) is 40.9 Å². The molecule has 0 saturated carbocycles. The number of carbonyl (C=O) groups excluding carboxylic acids is 1. The van der Waals surface area contributed by atoms with Crippen LogP contribution in [0.4, 0.5) is 0 Å². The Kier molecular flexibility index (Phi) is 4.16. The lowest BCUT2D eigenvalue weighted by molar-refractivity contribution is 0.0277. The Morgan fingerprint density at radius 3 is 2.76 bits per heavy atom. The minimum absolute atomic E-state index is 0.180. The summed E-state index contributed by atoms with van der Waals surface area (Å²) in [6.07, 6.45) is 0. The van der Waals surface area contributed by atoms with Gasteiger partial charge in [-0.1, -0.05) is 30.3 Å². The first kappa shape index (κ1) is 13.6. The second-order valence-corrected chi connectivity index (χ2v) is 4.71. The molecule has 1 aliphatic rings. The van der Waals surface area contributed by atoms with E-state index in [0.717, 1.165) is 5.56 Å². The van der Waals surface area contributed by atoms with Crippen molar-refractivity contribution in [3.8, 4) is 5.88 Å². The largest absolute Gasteiger partial charge is 0.471 e. The van der Waals surface area contributed by atoms with Crippen LogP contribution in [0.25, 0.3) is 0 Å². The van der Waals surface area contributed by atoms with E-state index in [2.05, 4.69) is 5.16 Å². The Bertz CT molecular complexity index is 591. The summed E-state index contributed by atoms with van der Waals surface area (Å²) >= 11 is 0. The first-order chi connectivity index (χ1) is 10.3. The van der Waals surface area contributed by atoms with Gasteiger partial charge in [0.1, 0.15) is 6.61 Å². The fraction of sp³-hybridized carbons (Fsp3) is 0.333. The smallest absolute Gasteiger partial charge is 0.292 e. The van der Waals surface area contributed by atoms with E-state index in [1.807, 2.05) is 30.3 Å². The van der Waals surface area contributed by atoms with Gasteiger partial charge in [-0.2, -0.15) is 0 Å². The molecular formula is C15H16N2O4. The highest BCUT2D eigenvalue weighted by atomic mass is 16.5. The SMILES string of the molecule is O=C(c1cc(OCc2ccccc2)no1)N1CCOCC1. The summed E-state index contributed by atoms with van der Waals surface area (Å²) in [6, 6.07) is 11.3. The van der Waals surface area contributed by atoms with E-state index in [9.17, 15) is 4.79 Å². The summed E-state index contributed by atoms with van der Waals surface area (Å²) in [4.78, 5) is 13.9. The summed E-state index contributed by atoms with van der Waals surface area (Å²) < 4.78 is 15.8. The van der Waals surface area contributed by atoms with Crippen molar-refractivity contribution in [1.29, 1.82) is 0 Å². The molecule has 3 rings (SSSR count). The summed E-state index contributed by atoms with van der Waals surface area (Å²) in [5.74, 6) is 0.329. The Morgan fingerprint density at radius 1 is 1.24 bits per heavy atom. The van der Waals surface area contributed by atoms with Gasteiger partial charge in [-0.05, 0) is 10.7 Å². The molecule has 110 valence electrons. The van der Waals surface area contributed by atoms with Crippen LogP contribution in [-0.2, 0) is 11.3 Å². The lowest BCUT2D eigenvalue weighted by Crippen LogP contribution is -2.40. The Hall–Kier alpha value is -2.34. The van der Waals surface area contributed by atoms with E-state index in [1.165, 1.54) is 6.07 Å². The van der Waals surface area contributed by atoms with E-state index in [0.29, 0.717) is 38.8 Å². The molecule has 0 N–H and O–H groups in total. The third-order valence-electron chi connectivity index (χ3n) is 3.23. The number of rotatable bonds is 4. The van der Waals surface area contributed by atoms with Crippen LogP contribution in [0.1, 0.15) is 16.1 Å². The highest BCUT2D eigenvalue weighted by Crippen LogP contribution is 2.15. The average Bonchev–Trinajstić information content (AvgIpc) is 3.03. The number of nitrogens with zero attached hydrogens (tertiary/aromatic N) is 2. The molecule has 0 aliphatic carbocycles. The van der Waals surface area contributed by atoms with Gasteiger partial charge in [0, 0.05) is 13.1 Å². The molecule has 0 bridgehead atoms. The number of amides is 1. The molecule has 1 aromatic carbocycles. The molecule has 0 radical (unpaired) electrons. The van der Waals surface area contributed by atoms with Crippen molar-refractivity contribution in [1.82, 2.24) is 10.1 Å². The number of hydrogen-bond donors (Lipinski definition) is 0. The molecule has 6 nitrogen and oxygen atoms in total. The number of aromatic nitrogens is 1. The quantitative estimate of drug-likeness (QED) is 0.857. The maximum atomic E-state index is 12.2. The van der Waals surface area contributed by atoms with E-state index in [4.69, 9.17) is 14.0 Å². The minimum Gasteiger partial charge on any atom is -0.471 e. The van der Waals surface area contributed by atoms with Crippen LogP contribution in [0.5, 0.6) is 5.88 Å².